The summed E-state index contributed by atoms with van der Waals surface area (Å²) in [6.07, 6.45) is -4.51. The van der Waals surface area contributed by atoms with E-state index in [0.717, 1.165) is 23.4 Å². The Hall–Kier alpha value is -5.39. The number of halogens is 4. The molecule has 0 saturated heterocycles. The standard InChI is InChI=1S/C41H43ClF3N7O6S/c1-49(2)39(53)37-36(42)34-23-50(17-6-18-52(34)48-37)38-31-24-58-35(20-33(31)46-40(47-38)59(5,54)55)30-19-27(11-16-32(30)41(43,44)45)51(21-25-7-12-28(56-3)13-8-25)22-26-9-14-29(57-4)15-10-26/h7-16,19,35H,6,17-18,20-24H2,1-5H3. The number of alkyl halides is 3. The number of ether oxygens (including phenoxy) is 3. The van der Waals surface area contributed by atoms with E-state index in [-0.39, 0.29) is 53.3 Å². The number of hydrogen-bond acceptors (Lipinski definition) is 11. The van der Waals surface area contributed by atoms with Crippen LogP contribution in [-0.2, 0) is 60.0 Å². The van der Waals surface area contributed by atoms with E-state index in [1.807, 2.05) is 58.3 Å². The minimum atomic E-state index is -4.73. The predicted molar refractivity (Wildman–Crippen MR) is 215 cm³/mol. The van der Waals surface area contributed by atoms with Gasteiger partial charge in [-0.05, 0) is 65.6 Å². The molecule has 4 heterocycles. The number of aromatic nitrogens is 4. The zero-order chi connectivity index (χ0) is 42.2. The average molecular weight is 854 g/mol. The van der Waals surface area contributed by atoms with E-state index >= 15 is 0 Å². The molecule has 2 aromatic heterocycles. The van der Waals surface area contributed by atoms with Gasteiger partial charge in [-0.15, -0.1) is 0 Å². The molecule has 2 aliphatic heterocycles. The van der Waals surface area contributed by atoms with Crippen LogP contribution < -0.4 is 19.3 Å². The topological polar surface area (TPSA) is 132 Å². The second-order valence-electron chi connectivity index (χ2n) is 14.7. The van der Waals surface area contributed by atoms with Crippen LogP contribution in [0.3, 0.4) is 0 Å². The molecular weight excluding hydrogens is 811 g/mol. The molecule has 1 unspecified atom stereocenters. The van der Waals surface area contributed by atoms with Gasteiger partial charge in [-0.2, -0.15) is 18.3 Å². The van der Waals surface area contributed by atoms with Gasteiger partial charge in [-0.1, -0.05) is 35.9 Å². The summed E-state index contributed by atoms with van der Waals surface area (Å²) in [5, 5.41) is 4.17. The lowest BCUT2D eigenvalue weighted by atomic mass is 9.94. The third-order valence-electron chi connectivity index (χ3n) is 10.3. The number of sulfone groups is 1. The van der Waals surface area contributed by atoms with Crippen LogP contribution in [0.15, 0.2) is 71.9 Å². The molecule has 0 spiro atoms. The van der Waals surface area contributed by atoms with E-state index in [0.29, 0.717) is 61.0 Å². The highest BCUT2D eigenvalue weighted by Gasteiger charge is 2.39. The summed E-state index contributed by atoms with van der Waals surface area (Å²) < 4.78 is 89.2. The molecule has 0 bridgehead atoms. The Morgan fingerprint density at radius 1 is 0.949 bits per heavy atom. The molecule has 0 N–H and O–H groups in total. The smallest absolute Gasteiger partial charge is 0.416 e. The van der Waals surface area contributed by atoms with Crippen molar-refractivity contribution in [3.05, 3.63) is 117 Å². The van der Waals surface area contributed by atoms with Gasteiger partial charge in [0.2, 0.25) is 15.0 Å². The maximum absolute atomic E-state index is 14.8. The lowest BCUT2D eigenvalue weighted by Gasteiger charge is -2.32. The molecule has 18 heteroatoms. The van der Waals surface area contributed by atoms with Gasteiger partial charge in [0.05, 0.1) is 55.4 Å². The van der Waals surface area contributed by atoms with Crippen molar-refractivity contribution < 1.29 is 40.6 Å². The molecule has 7 rings (SSSR count). The highest BCUT2D eigenvalue weighted by molar-refractivity contribution is 7.90. The third-order valence-corrected chi connectivity index (χ3v) is 11.6. The molecule has 0 fully saturated rings. The van der Waals surface area contributed by atoms with Crippen molar-refractivity contribution in [3.63, 3.8) is 0 Å². The van der Waals surface area contributed by atoms with Crippen molar-refractivity contribution in [1.82, 2.24) is 24.6 Å². The number of benzene rings is 3. The van der Waals surface area contributed by atoms with E-state index in [4.69, 9.17) is 25.8 Å². The first kappa shape index (κ1) is 41.8. The van der Waals surface area contributed by atoms with E-state index in [9.17, 15) is 26.4 Å². The Morgan fingerprint density at radius 3 is 2.14 bits per heavy atom. The molecular formula is C41H43ClF3N7O6S. The second kappa shape index (κ2) is 16.7. The third kappa shape index (κ3) is 8.96. The summed E-state index contributed by atoms with van der Waals surface area (Å²) in [5.41, 5.74) is 2.67. The van der Waals surface area contributed by atoms with Gasteiger partial charge in [-0.3, -0.25) is 9.48 Å². The fraction of sp³-hybridized carbons (Fsp3) is 0.366. The minimum Gasteiger partial charge on any atom is -0.497 e. The number of hydrogen-bond donors (Lipinski definition) is 0. The molecule has 13 nitrogen and oxygen atoms in total. The molecule has 1 amide bonds. The average Bonchev–Trinajstić information content (AvgIpc) is 3.36. The maximum Gasteiger partial charge on any atom is 0.416 e. The normalized spacial score (nSPS) is 15.5. The Balaban J connectivity index is 1.27. The largest absolute Gasteiger partial charge is 0.497 e. The SMILES string of the molecule is COc1ccc(CN(Cc2ccc(OC)cc2)c2ccc(C(F)(F)F)c(C3Cc4nc(S(C)(=O)=O)nc(N5CCCn6nc(C(=O)N(C)C)c(Cl)c6C5)c4CO3)c2)cc1. The molecule has 3 aromatic carbocycles. The molecule has 1 atom stereocenters. The zero-order valence-electron chi connectivity index (χ0n) is 33.1. The monoisotopic (exact) mass is 853 g/mol. The van der Waals surface area contributed by atoms with Crippen LogP contribution in [0.4, 0.5) is 24.7 Å². The molecule has 2 aliphatic rings. The summed E-state index contributed by atoms with van der Waals surface area (Å²) in [6.45, 7) is 1.48. The number of fused-ring (bicyclic) bond motifs is 2. The first-order valence-electron chi connectivity index (χ1n) is 18.7. The highest BCUT2D eigenvalue weighted by Crippen LogP contribution is 2.43. The quantitative estimate of drug-likeness (QED) is 0.129. The highest BCUT2D eigenvalue weighted by atomic mass is 35.5. The van der Waals surface area contributed by atoms with Crippen LogP contribution in [0.5, 0.6) is 11.5 Å². The van der Waals surface area contributed by atoms with E-state index in [1.165, 1.54) is 17.0 Å². The molecule has 0 radical (unpaired) electrons. The summed E-state index contributed by atoms with van der Waals surface area (Å²) in [4.78, 5) is 26.9. The lowest BCUT2D eigenvalue weighted by molar-refractivity contribution is -0.139. The van der Waals surface area contributed by atoms with Crippen molar-refractivity contribution in [3.8, 4) is 11.5 Å². The number of anilines is 2. The van der Waals surface area contributed by atoms with Gasteiger partial charge < -0.3 is 28.9 Å². The summed E-state index contributed by atoms with van der Waals surface area (Å²) in [6, 6.07) is 18.9. The fourth-order valence-electron chi connectivity index (χ4n) is 7.28. The molecule has 59 heavy (non-hydrogen) atoms. The fourth-order valence-corrected chi connectivity index (χ4v) is 8.09. The summed E-state index contributed by atoms with van der Waals surface area (Å²) in [5.74, 6) is 1.23. The van der Waals surface area contributed by atoms with Gasteiger partial charge in [0, 0.05) is 64.2 Å². The first-order valence-corrected chi connectivity index (χ1v) is 21.0. The first-order chi connectivity index (χ1) is 28.0. The molecule has 5 aromatic rings. The van der Waals surface area contributed by atoms with Crippen LogP contribution in [-0.4, -0.2) is 80.1 Å². The van der Waals surface area contributed by atoms with E-state index in [2.05, 4.69) is 15.1 Å². The summed E-state index contributed by atoms with van der Waals surface area (Å²) >= 11 is 6.73. The second-order valence-corrected chi connectivity index (χ2v) is 16.9. The van der Waals surface area contributed by atoms with Crippen molar-refractivity contribution in [1.29, 1.82) is 0 Å². The lowest BCUT2D eigenvalue weighted by Crippen LogP contribution is -2.30. The number of rotatable bonds is 11. The van der Waals surface area contributed by atoms with E-state index in [1.54, 1.807) is 33.0 Å². The van der Waals surface area contributed by atoms with Gasteiger partial charge in [0.25, 0.3) is 5.91 Å². The number of methoxy groups -OCH3 is 2. The van der Waals surface area contributed by atoms with Crippen LogP contribution in [0.2, 0.25) is 5.02 Å². The van der Waals surface area contributed by atoms with Crippen LogP contribution in [0, 0.1) is 0 Å². The Kier molecular flexibility index (Phi) is 11.8. The van der Waals surface area contributed by atoms with Gasteiger partial charge in [-0.25, -0.2) is 18.4 Å². The Morgan fingerprint density at radius 2 is 1.58 bits per heavy atom. The van der Waals surface area contributed by atoms with Crippen molar-refractivity contribution in [2.24, 2.45) is 0 Å². The van der Waals surface area contributed by atoms with Crippen LogP contribution >= 0.6 is 11.6 Å². The number of carbonyl (C=O) groups excluding carboxylic acids is 1. The van der Waals surface area contributed by atoms with Gasteiger partial charge in [0.15, 0.2) is 5.69 Å². The number of nitrogens with zero attached hydrogens (tertiary/aromatic N) is 7. The van der Waals surface area contributed by atoms with Gasteiger partial charge in [0.1, 0.15) is 17.3 Å². The number of carbonyl (C=O) groups is 1. The van der Waals surface area contributed by atoms with Gasteiger partial charge >= 0.3 is 6.18 Å². The van der Waals surface area contributed by atoms with Crippen molar-refractivity contribution in [2.75, 3.05) is 50.9 Å². The Labute approximate surface area is 345 Å². The number of amides is 1. The molecule has 0 saturated carbocycles. The maximum atomic E-state index is 14.8. The Bertz CT molecular complexity index is 2410. The van der Waals surface area contributed by atoms with Crippen LogP contribution in [0.1, 0.15) is 62.2 Å². The summed E-state index contributed by atoms with van der Waals surface area (Å²) in [7, 11) is 2.36. The van der Waals surface area contributed by atoms with Crippen molar-refractivity contribution >= 4 is 38.9 Å². The predicted octanol–water partition coefficient (Wildman–Crippen LogP) is 6.90. The van der Waals surface area contributed by atoms with Crippen LogP contribution in [0.25, 0.3) is 0 Å². The minimum absolute atomic E-state index is 0.0931. The zero-order valence-corrected chi connectivity index (χ0v) is 34.7. The van der Waals surface area contributed by atoms with E-state index < -0.39 is 32.8 Å². The molecule has 0 aliphatic carbocycles. The van der Waals surface area contributed by atoms with Crippen molar-refractivity contribution in [2.45, 2.75) is 63.1 Å². The molecule has 312 valence electrons. The number of aryl methyl sites for hydroxylation is 1.